The average molecular weight is 329 g/mol. The zero-order valence-electron chi connectivity index (χ0n) is 13.0. The summed E-state index contributed by atoms with van der Waals surface area (Å²) in [6, 6.07) is 2.14. The number of fused-ring (bicyclic) bond motifs is 1. The molecule has 0 amide bonds. The number of nitrogens with one attached hydrogen (secondary N) is 1. The highest BCUT2D eigenvalue weighted by Crippen LogP contribution is 2.20. The Balaban J connectivity index is 1.47. The van der Waals surface area contributed by atoms with Crippen LogP contribution in [-0.2, 0) is 26.7 Å². The lowest BCUT2D eigenvalue weighted by Gasteiger charge is -2.13. The number of aryl methyl sites for hydroxylation is 2. The van der Waals surface area contributed by atoms with E-state index in [2.05, 4.69) is 30.6 Å². The summed E-state index contributed by atoms with van der Waals surface area (Å²) in [6.07, 6.45) is 7.66. The second-order valence-electron chi connectivity index (χ2n) is 5.53. The Morgan fingerprint density at radius 3 is 3.00 bits per heavy atom. The fourth-order valence-electron chi connectivity index (χ4n) is 2.75. The maximum absolute atomic E-state index is 4.70. The van der Waals surface area contributed by atoms with Crippen molar-refractivity contribution in [3.8, 4) is 11.5 Å². The quantitative estimate of drug-likeness (QED) is 0.716. The second-order valence-corrected chi connectivity index (χ2v) is 6.60. The standard InChI is InChI=1S/C15H19N7S/c1-20-5-3-18-15(20)23-9-8-21-6-4-17-14(21)13-10-12-11-16-2-7-22(12)19-13/h3-6,10,16H,2,7-9,11H2,1H3. The predicted octanol–water partition coefficient (Wildman–Crippen LogP) is 1.38. The number of aromatic nitrogens is 6. The van der Waals surface area contributed by atoms with Gasteiger partial charge < -0.3 is 14.5 Å². The van der Waals surface area contributed by atoms with Crippen molar-refractivity contribution in [2.24, 2.45) is 7.05 Å². The van der Waals surface area contributed by atoms with Crippen molar-refractivity contribution in [1.29, 1.82) is 0 Å². The number of nitrogens with zero attached hydrogens (tertiary/aromatic N) is 6. The van der Waals surface area contributed by atoms with E-state index in [9.17, 15) is 0 Å². The molecule has 0 bridgehead atoms. The third kappa shape index (κ3) is 2.91. The molecule has 3 aromatic rings. The van der Waals surface area contributed by atoms with Gasteiger partial charge in [-0.15, -0.1) is 0 Å². The molecular formula is C15H19N7S. The van der Waals surface area contributed by atoms with Gasteiger partial charge in [-0.25, -0.2) is 9.97 Å². The van der Waals surface area contributed by atoms with Gasteiger partial charge in [-0.1, -0.05) is 11.8 Å². The molecule has 0 saturated carbocycles. The topological polar surface area (TPSA) is 65.5 Å². The van der Waals surface area contributed by atoms with Crippen LogP contribution < -0.4 is 5.32 Å². The molecule has 1 N–H and O–H groups in total. The van der Waals surface area contributed by atoms with E-state index in [0.717, 1.165) is 48.6 Å². The third-order valence-corrected chi connectivity index (χ3v) is 4.99. The van der Waals surface area contributed by atoms with E-state index in [1.165, 1.54) is 5.69 Å². The molecule has 1 aliphatic rings. The van der Waals surface area contributed by atoms with Crippen molar-refractivity contribution >= 4 is 11.8 Å². The largest absolute Gasteiger partial charge is 0.329 e. The van der Waals surface area contributed by atoms with Crippen molar-refractivity contribution in [1.82, 2.24) is 34.2 Å². The minimum Gasteiger partial charge on any atom is -0.329 e. The molecule has 0 fully saturated rings. The molecular weight excluding hydrogens is 310 g/mol. The fraction of sp³-hybridized carbons (Fsp3) is 0.400. The summed E-state index contributed by atoms with van der Waals surface area (Å²) in [5.41, 5.74) is 2.18. The van der Waals surface area contributed by atoms with Gasteiger partial charge in [0.1, 0.15) is 5.69 Å². The molecule has 4 heterocycles. The van der Waals surface area contributed by atoms with Gasteiger partial charge in [0.15, 0.2) is 11.0 Å². The van der Waals surface area contributed by atoms with Crippen LogP contribution in [0.2, 0.25) is 0 Å². The molecule has 3 aromatic heterocycles. The van der Waals surface area contributed by atoms with E-state index < -0.39 is 0 Å². The van der Waals surface area contributed by atoms with E-state index in [1.807, 2.05) is 36.4 Å². The Morgan fingerprint density at radius 1 is 1.26 bits per heavy atom. The van der Waals surface area contributed by atoms with Crippen LogP contribution in [0.15, 0.2) is 36.0 Å². The lowest BCUT2D eigenvalue weighted by Crippen LogP contribution is -2.28. The first-order valence-corrected chi connectivity index (χ1v) is 8.69. The van der Waals surface area contributed by atoms with Crippen LogP contribution in [0.4, 0.5) is 0 Å². The van der Waals surface area contributed by atoms with Crippen LogP contribution in [0.1, 0.15) is 5.69 Å². The summed E-state index contributed by atoms with van der Waals surface area (Å²) < 4.78 is 6.28. The van der Waals surface area contributed by atoms with Crippen LogP contribution in [0, 0.1) is 0 Å². The number of imidazole rings is 2. The summed E-state index contributed by atoms with van der Waals surface area (Å²) in [5.74, 6) is 1.89. The molecule has 0 spiro atoms. The van der Waals surface area contributed by atoms with E-state index in [4.69, 9.17) is 5.10 Å². The summed E-state index contributed by atoms with van der Waals surface area (Å²) in [5, 5.41) is 9.10. The second kappa shape index (κ2) is 6.21. The fourth-order valence-corrected chi connectivity index (χ4v) is 3.62. The lowest BCUT2D eigenvalue weighted by atomic mass is 10.3. The van der Waals surface area contributed by atoms with Crippen LogP contribution in [0.3, 0.4) is 0 Å². The van der Waals surface area contributed by atoms with Gasteiger partial charge in [-0.2, -0.15) is 5.10 Å². The smallest absolute Gasteiger partial charge is 0.167 e. The summed E-state index contributed by atoms with van der Waals surface area (Å²) >= 11 is 1.75. The molecule has 8 heteroatoms. The first kappa shape index (κ1) is 14.5. The van der Waals surface area contributed by atoms with Crippen LogP contribution in [0.5, 0.6) is 0 Å². The molecule has 1 aliphatic heterocycles. The predicted molar refractivity (Wildman–Crippen MR) is 89.1 cm³/mol. The normalized spacial score (nSPS) is 14.1. The maximum Gasteiger partial charge on any atom is 0.167 e. The maximum atomic E-state index is 4.70. The van der Waals surface area contributed by atoms with Gasteiger partial charge in [0, 0.05) is 57.2 Å². The van der Waals surface area contributed by atoms with Crippen LogP contribution in [0.25, 0.3) is 11.5 Å². The van der Waals surface area contributed by atoms with Gasteiger partial charge in [0.05, 0.1) is 12.2 Å². The SMILES string of the molecule is Cn1ccnc1SCCn1ccnc1-c1cc2n(n1)CCNC2. The van der Waals surface area contributed by atoms with Crippen molar-refractivity contribution in [3.05, 3.63) is 36.5 Å². The minimum absolute atomic E-state index is 0.878. The zero-order valence-corrected chi connectivity index (χ0v) is 13.8. The Morgan fingerprint density at radius 2 is 2.17 bits per heavy atom. The molecule has 0 unspecified atom stereocenters. The number of thioether (sulfide) groups is 1. The molecule has 7 nitrogen and oxygen atoms in total. The van der Waals surface area contributed by atoms with Crippen molar-refractivity contribution < 1.29 is 0 Å². The van der Waals surface area contributed by atoms with E-state index in [0.29, 0.717) is 0 Å². The lowest BCUT2D eigenvalue weighted by molar-refractivity contribution is 0.476. The van der Waals surface area contributed by atoms with Gasteiger partial charge in [-0.05, 0) is 6.07 Å². The summed E-state index contributed by atoms with van der Waals surface area (Å²) in [4.78, 5) is 8.84. The van der Waals surface area contributed by atoms with Crippen molar-refractivity contribution in [2.75, 3.05) is 12.3 Å². The number of hydrogen-bond donors (Lipinski definition) is 1. The molecule has 0 aromatic carbocycles. The first-order valence-electron chi connectivity index (χ1n) is 7.70. The van der Waals surface area contributed by atoms with Gasteiger partial charge in [0.2, 0.25) is 0 Å². The molecule has 0 radical (unpaired) electrons. The Kier molecular flexibility index (Phi) is 3.92. The Hall–Kier alpha value is -2.06. The summed E-state index contributed by atoms with van der Waals surface area (Å²) in [6.45, 7) is 3.66. The van der Waals surface area contributed by atoms with Gasteiger partial charge >= 0.3 is 0 Å². The van der Waals surface area contributed by atoms with E-state index in [-0.39, 0.29) is 0 Å². The molecule has 0 saturated heterocycles. The first-order chi connectivity index (χ1) is 11.3. The van der Waals surface area contributed by atoms with E-state index >= 15 is 0 Å². The molecule has 0 atom stereocenters. The highest BCUT2D eigenvalue weighted by Gasteiger charge is 2.16. The number of rotatable bonds is 5. The van der Waals surface area contributed by atoms with Crippen LogP contribution in [-0.4, -0.2) is 41.2 Å². The van der Waals surface area contributed by atoms with Gasteiger partial charge in [0.25, 0.3) is 0 Å². The highest BCUT2D eigenvalue weighted by atomic mass is 32.2. The van der Waals surface area contributed by atoms with Gasteiger partial charge in [-0.3, -0.25) is 4.68 Å². The molecule has 0 aliphatic carbocycles. The molecule has 120 valence electrons. The molecule has 23 heavy (non-hydrogen) atoms. The average Bonchev–Trinajstić information content (AvgIpc) is 3.26. The number of hydrogen-bond acceptors (Lipinski definition) is 5. The minimum atomic E-state index is 0.878. The summed E-state index contributed by atoms with van der Waals surface area (Å²) in [7, 11) is 2.02. The monoisotopic (exact) mass is 329 g/mol. The van der Waals surface area contributed by atoms with Crippen molar-refractivity contribution in [2.45, 2.75) is 24.8 Å². The van der Waals surface area contributed by atoms with Crippen LogP contribution >= 0.6 is 11.8 Å². The highest BCUT2D eigenvalue weighted by molar-refractivity contribution is 7.99. The molecule has 4 rings (SSSR count). The Bertz CT molecular complexity index is 777. The zero-order chi connectivity index (χ0) is 15.6. The Labute approximate surface area is 138 Å². The van der Waals surface area contributed by atoms with Crippen molar-refractivity contribution in [3.63, 3.8) is 0 Å². The third-order valence-electron chi connectivity index (χ3n) is 3.95. The van der Waals surface area contributed by atoms with E-state index in [1.54, 1.807) is 11.8 Å².